The van der Waals surface area contributed by atoms with Crippen LogP contribution in [-0.2, 0) is 11.3 Å². The summed E-state index contributed by atoms with van der Waals surface area (Å²) in [6.07, 6.45) is 2.13. The van der Waals surface area contributed by atoms with Crippen LogP contribution in [0.1, 0.15) is 61.9 Å². The van der Waals surface area contributed by atoms with E-state index < -0.39 is 7.12 Å². The van der Waals surface area contributed by atoms with Crippen LogP contribution >= 0.6 is 0 Å². The van der Waals surface area contributed by atoms with E-state index in [-0.39, 0.29) is 11.5 Å². The summed E-state index contributed by atoms with van der Waals surface area (Å²) in [4.78, 5) is 15.9. The molecule has 0 bridgehead atoms. The van der Waals surface area contributed by atoms with Crippen molar-refractivity contribution in [3.05, 3.63) is 87.1 Å². The van der Waals surface area contributed by atoms with Crippen molar-refractivity contribution in [3.8, 4) is 11.1 Å². The van der Waals surface area contributed by atoms with Crippen molar-refractivity contribution >= 4 is 35.1 Å². The van der Waals surface area contributed by atoms with Gasteiger partial charge in [0.05, 0.1) is 23.6 Å². The van der Waals surface area contributed by atoms with Crippen LogP contribution in [0.5, 0.6) is 0 Å². The van der Waals surface area contributed by atoms with Gasteiger partial charge in [-0.1, -0.05) is 50.2 Å². The van der Waals surface area contributed by atoms with E-state index in [4.69, 9.17) is 9.07 Å². The summed E-state index contributed by atoms with van der Waals surface area (Å²) in [7, 11) is -0.855. The highest BCUT2D eigenvalue weighted by Crippen LogP contribution is 2.37. The third-order valence-electron chi connectivity index (χ3n) is 8.65. The fourth-order valence-electron chi connectivity index (χ4n) is 6.06. The molecule has 2 aliphatic heterocycles. The molecule has 7 heteroatoms. The molecule has 4 aromatic rings. The lowest BCUT2D eigenvalue weighted by Gasteiger charge is -2.37. The minimum Gasteiger partial charge on any atom is -0.440 e. The molecule has 0 amide bonds. The van der Waals surface area contributed by atoms with Crippen LogP contribution in [0.3, 0.4) is 0 Å². The Hall–Kier alpha value is -3.55. The fourth-order valence-corrected chi connectivity index (χ4v) is 6.06. The van der Waals surface area contributed by atoms with Gasteiger partial charge >= 0.3 is 7.12 Å². The Morgan fingerprint density at radius 3 is 2.58 bits per heavy atom. The largest absolute Gasteiger partial charge is 0.491 e. The van der Waals surface area contributed by atoms with Gasteiger partial charge in [-0.15, -0.1) is 0 Å². The van der Waals surface area contributed by atoms with Crippen molar-refractivity contribution in [3.63, 3.8) is 0 Å². The molecule has 0 radical (unpaired) electrons. The Bertz CT molecular complexity index is 1650. The molecule has 2 aliphatic rings. The van der Waals surface area contributed by atoms with Crippen LogP contribution in [0.25, 0.3) is 22.1 Å². The first-order chi connectivity index (χ1) is 19.1. The topological polar surface area (TPSA) is 74.9 Å². The van der Waals surface area contributed by atoms with Crippen molar-refractivity contribution in [2.24, 2.45) is 5.41 Å². The Kier molecular flexibility index (Phi) is 6.75. The summed E-state index contributed by atoms with van der Waals surface area (Å²) in [6, 6.07) is 18.2. The summed E-state index contributed by atoms with van der Waals surface area (Å²) in [5.74, 6) is 0.702. The van der Waals surface area contributed by atoms with Gasteiger partial charge in [0, 0.05) is 29.9 Å². The van der Waals surface area contributed by atoms with Crippen LogP contribution in [0, 0.1) is 19.3 Å². The maximum atomic E-state index is 13.6. The highest BCUT2D eigenvalue weighted by molar-refractivity contribution is 6.61. The highest BCUT2D eigenvalue weighted by atomic mass is 16.5. The molecule has 6 nitrogen and oxygen atoms in total. The van der Waals surface area contributed by atoms with Crippen LogP contribution in [0.15, 0.2) is 63.8 Å². The molecule has 206 valence electrons. The number of para-hydroxylation sites is 1. The van der Waals surface area contributed by atoms with Gasteiger partial charge in [0.15, 0.2) is 5.43 Å². The molecule has 0 unspecified atom stereocenters. The third-order valence-corrected chi connectivity index (χ3v) is 8.65. The monoisotopic (exact) mass is 536 g/mol. The highest BCUT2D eigenvalue weighted by Gasteiger charge is 2.29. The Balaban J connectivity index is 1.38. The molecule has 0 spiro atoms. The average Bonchev–Trinajstić information content (AvgIpc) is 3.31. The van der Waals surface area contributed by atoms with Gasteiger partial charge in [-0.2, -0.15) is 0 Å². The normalized spacial score (nSPS) is 17.2. The fraction of sp³-hybridized carbons (Fsp3) is 0.364. The van der Waals surface area contributed by atoms with Gasteiger partial charge < -0.3 is 24.3 Å². The minimum atomic E-state index is -0.855. The standard InChI is InChI=1S/C33H37BN2O4/c1-20-16-26(31-27(17-20)30(37)21(2)32(40-31)36-14-12-33(4,5)13-15-36)22(3)35-29-9-7-6-8-25(29)23-10-11-28-24(18-23)19-39-34(28)38/h6-11,16-18,22,35,38H,12-15,19H2,1-5H3/t22-/m1/s1. The molecule has 0 aliphatic carbocycles. The zero-order valence-corrected chi connectivity index (χ0v) is 24.0. The Labute approximate surface area is 236 Å². The van der Waals surface area contributed by atoms with Crippen molar-refractivity contribution in [2.45, 2.75) is 60.1 Å². The maximum absolute atomic E-state index is 13.6. The van der Waals surface area contributed by atoms with E-state index in [0.29, 0.717) is 34.4 Å². The average molecular weight is 536 g/mol. The summed E-state index contributed by atoms with van der Waals surface area (Å²) < 4.78 is 12.1. The van der Waals surface area contributed by atoms with E-state index >= 15 is 0 Å². The Morgan fingerprint density at radius 2 is 1.80 bits per heavy atom. The van der Waals surface area contributed by atoms with Gasteiger partial charge in [0.1, 0.15) is 5.58 Å². The zero-order chi connectivity index (χ0) is 28.2. The summed E-state index contributed by atoms with van der Waals surface area (Å²) >= 11 is 0. The number of aryl methyl sites for hydroxylation is 1. The predicted molar refractivity (Wildman–Crippen MR) is 163 cm³/mol. The van der Waals surface area contributed by atoms with Crippen molar-refractivity contribution < 1.29 is 14.1 Å². The molecule has 1 aromatic heterocycles. The number of nitrogens with one attached hydrogen (secondary N) is 1. The first-order valence-electron chi connectivity index (χ1n) is 14.2. The van der Waals surface area contributed by atoms with E-state index in [2.05, 4.69) is 55.3 Å². The lowest BCUT2D eigenvalue weighted by Crippen LogP contribution is -2.38. The van der Waals surface area contributed by atoms with Gasteiger partial charge in [0.2, 0.25) is 5.88 Å². The molecular formula is C33H37BN2O4. The van der Waals surface area contributed by atoms with Crippen LogP contribution in [0.4, 0.5) is 11.6 Å². The molecule has 0 saturated carbocycles. The van der Waals surface area contributed by atoms with Crippen LogP contribution in [0.2, 0.25) is 0 Å². The summed E-state index contributed by atoms with van der Waals surface area (Å²) in [5.41, 5.74) is 8.60. The smallest absolute Gasteiger partial charge is 0.440 e. The number of hydrogen-bond donors (Lipinski definition) is 2. The van der Waals surface area contributed by atoms with Crippen molar-refractivity contribution in [1.82, 2.24) is 0 Å². The Morgan fingerprint density at radius 1 is 1.05 bits per heavy atom. The van der Waals surface area contributed by atoms with Gasteiger partial charge in [0.25, 0.3) is 0 Å². The van der Waals surface area contributed by atoms with Crippen molar-refractivity contribution in [1.29, 1.82) is 0 Å². The van der Waals surface area contributed by atoms with E-state index in [1.165, 1.54) is 0 Å². The minimum absolute atomic E-state index is 0.0428. The molecule has 3 aromatic carbocycles. The van der Waals surface area contributed by atoms with Crippen LogP contribution in [-0.4, -0.2) is 25.2 Å². The van der Waals surface area contributed by atoms with Gasteiger partial charge in [-0.25, -0.2) is 0 Å². The molecule has 2 N–H and O–H groups in total. The van der Waals surface area contributed by atoms with Gasteiger partial charge in [-0.05, 0) is 79.4 Å². The van der Waals surface area contributed by atoms with E-state index in [1.807, 2.05) is 44.2 Å². The van der Waals surface area contributed by atoms with Crippen molar-refractivity contribution in [2.75, 3.05) is 23.3 Å². The number of hydrogen-bond acceptors (Lipinski definition) is 6. The number of fused-ring (bicyclic) bond motifs is 2. The van der Waals surface area contributed by atoms with E-state index in [9.17, 15) is 9.82 Å². The predicted octanol–water partition coefficient (Wildman–Crippen LogP) is 6.09. The molecular weight excluding hydrogens is 499 g/mol. The first-order valence-corrected chi connectivity index (χ1v) is 14.2. The molecule has 1 fully saturated rings. The number of anilines is 2. The summed E-state index contributed by atoms with van der Waals surface area (Å²) in [5, 5.41) is 14.4. The molecule has 1 atom stereocenters. The number of rotatable bonds is 5. The second kappa shape index (κ2) is 10.1. The summed E-state index contributed by atoms with van der Waals surface area (Å²) in [6.45, 7) is 12.8. The number of piperidine rings is 1. The quantitative estimate of drug-likeness (QED) is 0.301. The molecule has 1 saturated heterocycles. The number of nitrogens with zero attached hydrogens (tertiary/aromatic N) is 1. The third kappa shape index (κ3) is 4.82. The van der Waals surface area contributed by atoms with E-state index in [1.54, 1.807) is 0 Å². The second-order valence-electron chi connectivity index (χ2n) is 12.2. The maximum Gasteiger partial charge on any atom is 0.491 e. The molecule has 6 rings (SSSR count). The number of benzene rings is 3. The second-order valence-corrected chi connectivity index (χ2v) is 12.2. The van der Waals surface area contributed by atoms with Gasteiger partial charge in [-0.3, -0.25) is 4.79 Å². The zero-order valence-electron chi connectivity index (χ0n) is 24.0. The van der Waals surface area contributed by atoms with Crippen LogP contribution < -0.4 is 21.1 Å². The van der Waals surface area contributed by atoms with E-state index in [0.717, 1.165) is 64.9 Å². The first kappa shape index (κ1) is 26.7. The molecule has 40 heavy (non-hydrogen) atoms. The lowest BCUT2D eigenvalue weighted by molar-refractivity contribution is 0.274. The SMILES string of the molecule is Cc1cc([C@@H](C)Nc2ccccc2-c2ccc3c(c2)COB3O)c2oc(N3CCC(C)(C)CC3)c(C)c(=O)c2c1. The lowest BCUT2D eigenvalue weighted by atomic mass is 9.79. The molecule has 3 heterocycles.